The van der Waals surface area contributed by atoms with Gasteiger partial charge < -0.3 is 0 Å². The number of halogens is 3. The SMILES string of the molecule is CC(C)N(CCCC(C#N)(c1ccc(C(F)(F)F)cc1)C(C)C)Cc1ccccc1. The number of nitrogens with zero attached hydrogens (tertiary/aromatic N) is 2. The van der Waals surface area contributed by atoms with E-state index in [0.717, 1.165) is 31.6 Å². The highest BCUT2D eigenvalue weighted by Crippen LogP contribution is 2.38. The smallest absolute Gasteiger partial charge is 0.297 e. The summed E-state index contributed by atoms with van der Waals surface area (Å²) in [5.41, 5.74) is 0.409. The Morgan fingerprint density at radius 1 is 0.900 bits per heavy atom. The van der Waals surface area contributed by atoms with Crippen LogP contribution < -0.4 is 0 Å². The topological polar surface area (TPSA) is 27.0 Å². The Balaban J connectivity index is 2.15. The fraction of sp³-hybridized carbons (Fsp3) is 0.480. The van der Waals surface area contributed by atoms with Crippen molar-refractivity contribution in [2.24, 2.45) is 5.92 Å². The number of hydrogen-bond donors (Lipinski definition) is 0. The molecule has 0 aliphatic carbocycles. The van der Waals surface area contributed by atoms with Crippen LogP contribution in [0.2, 0.25) is 0 Å². The molecular formula is C25H31F3N2. The summed E-state index contributed by atoms with van der Waals surface area (Å²) < 4.78 is 38.8. The van der Waals surface area contributed by atoms with Crippen molar-refractivity contribution in [2.75, 3.05) is 6.54 Å². The lowest BCUT2D eigenvalue weighted by Gasteiger charge is -2.33. The van der Waals surface area contributed by atoms with E-state index in [0.29, 0.717) is 18.0 Å². The molecule has 0 aliphatic heterocycles. The van der Waals surface area contributed by atoms with Gasteiger partial charge in [0.15, 0.2) is 0 Å². The highest BCUT2D eigenvalue weighted by atomic mass is 19.4. The monoisotopic (exact) mass is 416 g/mol. The average Bonchev–Trinajstić information content (AvgIpc) is 2.70. The minimum absolute atomic E-state index is 0.0131. The van der Waals surface area contributed by atoms with Crippen LogP contribution in [0.15, 0.2) is 54.6 Å². The van der Waals surface area contributed by atoms with Crippen molar-refractivity contribution < 1.29 is 13.2 Å². The Morgan fingerprint density at radius 2 is 1.47 bits per heavy atom. The second-order valence-corrected chi connectivity index (χ2v) is 8.47. The zero-order valence-corrected chi connectivity index (χ0v) is 18.2. The van der Waals surface area contributed by atoms with Crippen LogP contribution in [0.3, 0.4) is 0 Å². The molecule has 0 heterocycles. The first kappa shape index (κ1) is 24.0. The third-order valence-corrected chi connectivity index (χ3v) is 5.89. The molecule has 30 heavy (non-hydrogen) atoms. The summed E-state index contributed by atoms with van der Waals surface area (Å²) in [5, 5.41) is 10.1. The van der Waals surface area contributed by atoms with E-state index in [-0.39, 0.29) is 5.92 Å². The molecule has 0 fully saturated rings. The van der Waals surface area contributed by atoms with Crippen molar-refractivity contribution in [2.45, 2.75) is 64.7 Å². The molecule has 2 nitrogen and oxygen atoms in total. The summed E-state index contributed by atoms with van der Waals surface area (Å²) in [7, 11) is 0. The summed E-state index contributed by atoms with van der Waals surface area (Å²) in [6.45, 7) is 9.89. The van der Waals surface area contributed by atoms with Gasteiger partial charge in [0, 0.05) is 12.6 Å². The van der Waals surface area contributed by atoms with Gasteiger partial charge in [-0.25, -0.2) is 0 Å². The lowest BCUT2D eigenvalue weighted by molar-refractivity contribution is -0.137. The van der Waals surface area contributed by atoms with Crippen LogP contribution in [0, 0.1) is 17.2 Å². The van der Waals surface area contributed by atoms with Crippen LogP contribution in [-0.4, -0.2) is 17.5 Å². The number of alkyl halides is 3. The molecule has 0 bridgehead atoms. The fourth-order valence-electron chi connectivity index (χ4n) is 3.87. The lowest BCUT2D eigenvalue weighted by Crippen LogP contribution is -2.35. The van der Waals surface area contributed by atoms with E-state index in [2.05, 4.69) is 36.9 Å². The molecule has 0 amide bonds. The van der Waals surface area contributed by atoms with Crippen LogP contribution >= 0.6 is 0 Å². The molecule has 0 N–H and O–H groups in total. The van der Waals surface area contributed by atoms with Gasteiger partial charge in [0.05, 0.1) is 17.0 Å². The highest BCUT2D eigenvalue weighted by molar-refractivity contribution is 5.36. The minimum atomic E-state index is -4.37. The largest absolute Gasteiger partial charge is 0.416 e. The predicted molar refractivity (Wildman–Crippen MR) is 115 cm³/mol. The van der Waals surface area contributed by atoms with E-state index in [1.807, 2.05) is 32.0 Å². The first-order chi connectivity index (χ1) is 14.1. The van der Waals surface area contributed by atoms with Crippen molar-refractivity contribution in [3.63, 3.8) is 0 Å². The fourth-order valence-corrected chi connectivity index (χ4v) is 3.87. The van der Waals surface area contributed by atoms with Gasteiger partial charge in [-0.05, 0) is 62.4 Å². The van der Waals surface area contributed by atoms with Crippen molar-refractivity contribution in [1.29, 1.82) is 5.26 Å². The second-order valence-electron chi connectivity index (χ2n) is 8.47. The lowest BCUT2D eigenvalue weighted by atomic mass is 9.69. The van der Waals surface area contributed by atoms with Gasteiger partial charge in [-0.2, -0.15) is 18.4 Å². The average molecular weight is 417 g/mol. The predicted octanol–water partition coefficient (Wildman–Crippen LogP) is 6.81. The van der Waals surface area contributed by atoms with Crippen LogP contribution in [-0.2, 0) is 18.1 Å². The number of nitriles is 1. The summed E-state index contributed by atoms with van der Waals surface area (Å²) >= 11 is 0. The van der Waals surface area contributed by atoms with Crippen LogP contribution in [0.4, 0.5) is 13.2 Å². The molecular weight excluding hydrogens is 385 g/mol. The van der Waals surface area contributed by atoms with Gasteiger partial charge >= 0.3 is 6.18 Å². The molecule has 162 valence electrons. The summed E-state index contributed by atoms with van der Waals surface area (Å²) in [6.07, 6.45) is -2.98. The van der Waals surface area contributed by atoms with Crippen LogP contribution in [0.1, 0.15) is 57.2 Å². The third kappa shape index (κ3) is 5.86. The quantitative estimate of drug-likeness (QED) is 0.449. The maximum Gasteiger partial charge on any atom is 0.416 e. The van der Waals surface area contributed by atoms with Crippen LogP contribution in [0.25, 0.3) is 0 Å². The van der Waals surface area contributed by atoms with E-state index in [4.69, 9.17) is 0 Å². The zero-order valence-electron chi connectivity index (χ0n) is 18.2. The minimum Gasteiger partial charge on any atom is -0.297 e. The van der Waals surface area contributed by atoms with E-state index in [1.165, 1.54) is 17.7 Å². The highest BCUT2D eigenvalue weighted by Gasteiger charge is 2.37. The Kier molecular flexibility index (Phi) is 8.09. The Hall–Kier alpha value is -2.32. The normalized spacial score (nSPS) is 14.2. The maximum absolute atomic E-state index is 12.9. The van der Waals surface area contributed by atoms with Crippen molar-refractivity contribution >= 4 is 0 Å². The van der Waals surface area contributed by atoms with Gasteiger partial charge in [0.2, 0.25) is 0 Å². The van der Waals surface area contributed by atoms with E-state index in [9.17, 15) is 18.4 Å². The van der Waals surface area contributed by atoms with Gasteiger partial charge in [-0.15, -0.1) is 0 Å². The van der Waals surface area contributed by atoms with Crippen molar-refractivity contribution in [3.05, 3.63) is 71.3 Å². The van der Waals surface area contributed by atoms with Crippen molar-refractivity contribution in [1.82, 2.24) is 4.90 Å². The maximum atomic E-state index is 12.9. The number of hydrogen-bond acceptors (Lipinski definition) is 2. The molecule has 0 spiro atoms. The zero-order chi connectivity index (χ0) is 22.4. The van der Waals surface area contributed by atoms with Gasteiger partial charge in [-0.3, -0.25) is 4.90 Å². The molecule has 0 radical (unpaired) electrons. The first-order valence-electron chi connectivity index (χ1n) is 10.5. The molecule has 1 atom stereocenters. The van der Waals surface area contributed by atoms with Crippen LogP contribution in [0.5, 0.6) is 0 Å². The Labute approximate surface area is 178 Å². The molecule has 1 unspecified atom stereocenters. The molecule has 0 aromatic heterocycles. The molecule has 2 aromatic rings. The van der Waals surface area contributed by atoms with E-state index in [1.54, 1.807) is 0 Å². The molecule has 2 rings (SSSR count). The molecule has 0 saturated heterocycles. The third-order valence-electron chi connectivity index (χ3n) is 5.89. The Bertz CT molecular complexity index is 820. The van der Waals surface area contributed by atoms with Crippen molar-refractivity contribution in [3.8, 4) is 6.07 Å². The standard InChI is InChI=1S/C25H31F3N2/c1-19(2)24(18-29,22-11-13-23(14-12-22)25(26,27)28)15-8-16-30(20(3)4)17-21-9-6-5-7-10-21/h5-7,9-14,19-20H,8,15-17H2,1-4H3. The number of benzene rings is 2. The number of rotatable bonds is 9. The van der Waals surface area contributed by atoms with Gasteiger partial charge in [-0.1, -0.05) is 56.3 Å². The van der Waals surface area contributed by atoms with E-state index >= 15 is 0 Å². The second kappa shape index (κ2) is 10.1. The summed E-state index contributed by atoms with van der Waals surface area (Å²) in [4.78, 5) is 2.37. The first-order valence-corrected chi connectivity index (χ1v) is 10.5. The Morgan fingerprint density at radius 3 is 1.93 bits per heavy atom. The molecule has 0 aliphatic rings. The molecule has 0 saturated carbocycles. The van der Waals surface area contributed by atoms with E-state index < -0.39 is 17.2 Å². The molecule has 5 heteroatoms. The summed E-state index contributed by atoms with van der Waals surface area (Å²) in [5.74, 6) is -0.0131. The van der Waals surface area contributed by atoms with Gasteiger partial charge in [0.1, 0.15) is 0 Å². The molecule has 2 aromatic carbocycles. The van der Waals surface area contributed by atoms with Gasteiger partial charge in [0.25, 0.3) is 0 Å². The summed E-state index contributed by atoms with van der Waals surface area (Å²) in [6, 6.07) is 18.2.